The molecular weight excluding hydrogens is 245 g/mol. The van der Waals surface area contributed by atoms with E-state index >= 15 is 0 Å². The first-order valence-electron chi connectivity index (χ1n) is 5.90. The Morgan fingerprint density at radius 2 is 2.17 bits per heavy atom. The number of hydrogen-bond donors (Lipinski definition) is 1. The van der Waals surface area contributed by atoms with Gasteiger partial charge in [-0.25, -0.2) is 0 Å². The summed E-state index contributed by atoms with van der Waals surface area (Å²) < 4.78 is 40.1. The van der Waals surface area contributed by atoms with E-state index in [0.717, 1.165) is 11.4 Å². The molecule has 0 radical (unpaired) electrons. The highest BCUT2D eigenvalue weighted by molar-refractivity contribution is 5.49. The van der Waals surface area contributed by atoms with E-state index in [1.165, 1.54) is 0 Å². The fourth-order valence-corrected chi connectivity index (χ4v) is 2.25. The number of hydrogen-bond acceptors (Lipinski definition) is 3. The largest absolute Gasteiger partial charge is 0.394 e. The number of anilines is 1. The molecule has 1 aromatic rings. The van der Waals surface area contributed by atoms with E-state index in [-0.39, 0.29) is 13.1 Å². The molecule has 0 spiro atoms. The number of halogens is 3. The van der Waals surface area contributed by atoms with Crippen molar-refractivity contribution in [2.24, 2.45) is 13.0 Å². The van der Waals surface area contributed by atoms with Gasteiger partial charge in [0.05, 0.1) is 17.3 Å². The lowest BCUT2D eigenvalue weighted by Gasteiger charge is -2.26. The summed E-state index contributed by atoms with van der Waals surface area (Å²) in [7, 11) is 1.77. The average Bonchev–Trinajstić information content (AvgIpc) is 2.51. The van der Waals surface area contributed by atoms with E-state index in [4.69, 9.17) is 0 Å². The zero-order chi connectivity index (χ0) is 13.3. The average molecular weight is 262 g/mol. The molecule has 18 heavy (non-hydrogen) atoms. The number of rotatable bonds is 1. The van der Waals surface area contributed by atoms with E-state index in [0.29, 0.717) is 13.1 Å². The molecule has 1 aliphatic heterocycles. The van der Waals surface area contributed by atoms with Crippen molar-refractivity contribution in [2.45, 2.75) is 13.1 Å². The smallest absolute Gasteiger partial charge is 0.367 e. The van der Waals surface area contributed by atoms with Gasteiger partial charge in [0.2, 0.25) is 0 Å². The van der Waals surface area contributed by atoms with Crippen LogP contribution in [0.3, 0.4) is 0 Å². The summed E-state index contributed by atoms with van der Waals surface area (Å²) in [5.74, 6) is -1.33. The second-order valence-corrected chi connectivity index (χ2v) is 4.66. The molecule has 0 aromatic carbocycles. The summed E-state index contributed by atoms with van der Waals surface area (Å²) in [6.45, 7) is 2.92. The van der Waals surface area contributed by atoms with Gasteiger partial charge in [-0.05, 0) is 6.92 Å². The fraction of sp³-hybridized carbons (Fsp3) is 0.727. The summed E-state index contributed by atoms with van der Waals surface area (Å²) >= 11 is 0. The van der Waals surface area contributed by atoms with E-state index in [2.05, 4.69) is 10.4 Å². The molecule has 4 nitrogen and oxygen atoms in total. The molecule has 0 saturated carbocycles. The standard InChI is InChI=1S/C11H17F3N4/c1-8-10(7-17(2)16-8)18-4-3-15-5-9(6-18)11(12,13)14/h7,9,15H,3-6H2,1-2H3. The minimum atomic E-state index is -4.16. The van der Waals surface area contributed by atoms with Gasteiger partial charge in [-0.1, -0.05) is 0 Å². The molecular formula is C11H17F3N4. The van der Waals surface area contributed by atoms with Crippen LogP contribution < -0.4 is 10.2 Å². The van der Waals surface area contributed by atoms with Crippen LogP contribution in [0.4, 0.5) is 18.9 Å². The van der Waals surface area contributed by atoms with Gasteiger partial charge in [-0.2, -0.15) is 18.3 Å². The lowest BCUT2D eigenvalue weighted by molar-refractivity contribution is -0.169. The van der Waals surface area contributed by atoms with Gasteiger partial charge in [-0.15, -0.1) is 0 Å². The summed E-state index contributed by atoms with van der Waals surface area (Å²) in [5, 5.41) is 7.02. The maximum Gasteiger partial charge on any atom is 0.394 e. The zero-order valence-corrected chi connectivity index (χ0v) is 10.5. The fourth-order valence-electron chi connectivity index (χ4n) is 2.25. The number of aryl methyl sites for hydroxylation is 2. The van der Waals surface area contributed by atoms with Crippen LogP contribution in [-0.4, -0.2) is 42.1 Å². The monoisotopic (exact) mass is 262 g/mol. The van der Waals surface area contributed by atoms with E-state index < -0.39 is 12.1 Å². The third kappa shape index (κ3) is 2.77. The first kappa shape index (κ1) is 13.2. The van der Waals surface area contributed by atoms with Crippen LogP contribution in [0.2, 0.25) is 0 Å². The second-order valence-electron chi connectivity index (χ2n) is 4.66. The molecule has 1 fully saturated rings. The summed E-state index contributed by atoms with van der Waals surface area (Å²) in [6, 6.07) is 0. The summed E-state index contributed by atoms with van der Waals surface area (Å²) in [5.41, 5.74) is 1.55. The third-order valence-corrected chi connectivity index (χ3v) is 3.18. The Kier molecular flexibility index (Phi) is 3.52. The second kappa shape index (κ2) is 4.79. The van der Waals surface area contributed by atoms with E-state index in [1.807, 2.05) is 6.92 Å². The van der Waals surface area contributed by atoms with Crippen molar-refractivity contribution in [1.82, 2.24) is 15.1 Å². The molecule has 1 aromatic heterocycles. The minimum absolute atomic E-state index is 0.0109. The van der Waals surface area contributed by atoms with Gasteiger partial charge in [0, 0.05) is 39.4 Å². The van der Waals surface area contributed by atoms with Crippen molar-refractivity contribution in [1.29, 1.82) is 0 Å². The highest BCUT2D eigenvalue weighted by Gasteiger charge is 2.41. The van der Waals surface area contributed by atoms with Gasteiger partial charge in [0.25, 0.3) is 0 Å². The van der Waals surface area contributed by atoms with Crippen LogP contribution in [0.25, 0.3) is 0 Å². The molecule has 2 heterocycles. The van der Waals surface area contributed by atoms with Gasteiger partial charge in [0.1, 0.15) is 0 Å². The summed E-state index contributed by atoms with van der Waals surface area (Å²) in [4.78, 5) is 1.76. The molecule has 1 aliphatic rings. The van der Waals surface area contributed by atoms with Crippen molar-refractivity contribution in [3.8, 4) is 0 Å². The SMILES string of the molecule is Cc1nn(C)cc1N1CCNCC(C(F)(F)F)C1. The number of nitrogens with one attached hydrogen (secondary N) is 1. The van der Waals surface area contributed by atoms with Gasteiger partial charge < -0.3 is 10.2 Å². The zero-order valence-electron chi connectivity index (χ0n) is 10.5. The Bertz CT molecular complexity index is 413. The van der Waals surface area contributed by atoms with Crippen LogP contribution in [0.15, 0.2) is 6.20 Å². The summed E-state index contributed by atoms with van der Waals surface area (Å²) in [6.07, 6.45) is -2.39. The van der Waals surface area contributed by atoms with Crippen LogP contribution >= 0.6 is 0 Å². The Hall–Kier alpha value is -1.24. The number of alkyl halides is 3. The van der Waals surface area contributed by atoms with Crippen molar-refractivity contribution >= 4 is 5.69 Å². The highest BCUT2D eigenvalue weighted by Crippen LogP contribution is 2.29. The Labute approximate surface area is 104 Å². The minimum Gasteiger partial charge on any atom is -0.367 e. The van der Waals surface area contributed by atoms with Crippen molar-refractivity contribution in [3.63, 3.8) is 0 Å². The molecule has 0 aliphatic carbocycles. The lowest BCUT2D eigenvalue weighted by atomic mass is 10.1. The predicted octanol–water partition coefficient (Wildman–Crippen LogP) is 1.32. The van der Waals surface area contributed by atoms with Crippen molar-refractivity contribution < 1.29 is 13.2 Å². The van der Waals surface area contributed by atoms with Crippen LogP contribution in [0.5, 0.6) is 0 Å². The van der Waals surface area contributed by atoms with Crippen molar-refractivity contribution in [3.05, 3.63) is 11.9 Å². The molecule has 0 bridgehead atoms. The molecule has 102 valence electrons. The normalized spacial score (nSPS) is 22.1. The number of nitrogens with zero attached hydrogens (tertiary/aromatic N) is 3. The topological polar surface area (TPSA) is 33.1 Å². The van der Waals surface area contributed by atoms with Gasteiger partial charge in [-0.3, -0.25) is 4.68 Å². The van der Waals surface area contributed by atoms with Gasteiger partial charge >= 0.3 is 6.18 Å². The molecule has 1 N–H and O–H groups in total. The lowest BCUT2D eigenvalue weighted by Crippen LogP contribution is -2.38. The first-order chi connectivity index (χ1) is 8.38. The predicted molar refractivity (Wildman–Crippen MR) is 62.6 cm³/mol. The molecule has 0 amide bonds. The van der Waals surface area contributed by atoms with Gasteiger partial charge in [0.15, 0.2) is 0 Å². The van der Waals surface area contributed by atoms with Crippen LogP contribution in [0.1, 0.15) is 5.69 Å². The molecule has 1 atom stereocenters. The first-order valence-corrected chi connectivity index (χ1v) is 5.90. The quantitative estimate of drug-likeness (QED) is 0.828. The maximum absolute atomic E-state index is 12.8. The third-order valence-electron chi connectivity index (χ3n) is 3.18. The highest BCUT2D eigenvalue weighted by atomic mass is 19.4. The van der Waals surface area contributed by atoms with E-state index in [9.17, 15) is 13.2 Å². The Morgan fingerprint density at radius 1 is 1.44 bits per heavy atom. The van der Waals surface area contributed by atoms with Crippen LogP contribution in [-0.2, 0) is 7.05 Å². The molecule has 2 rings (SSSR count). The molecule has 7 heteroatoms. The molecule has 1 saturated heterocycles. The Morgan fingerprint density at radius 3 is 2.72 bits per heavy atom. The Balaban J connectivity index is 2.19. The van der Waals surface area contributed by atoms with E-state index in [1.54, 1.807) is 22.8 Å². The van der Waals surface area contributed by atoms with Crippen molar-refractivity contribution in [2.75, 3.05) is 31.1 Å². The number of aromatic nitrogens is 2. The molecule has 1 unspecified atom stereocenters. The maximum atomic E-state index is 12.8. The van der Waals surface area contributed by atoms with Crippen LogP contribution in [0, 0.1) is 12.8 Å².